The number of rotatable bonds is 10. The summed E-state index contributed by atoms with van der Waals surface area (Å²) in [5.41, 5.74) is 1.99. The molecule has 1 saturated heterocycles. The van der Waals surface area contributed by atoms with E-state index >= 15 is 0 Å². The molecule has 0 spiro atoms. The summed E-state index contributed by atoms with van der Waals surface area (Å²) in [5, 5.41) is 12.0. The Labute approximate surface area is 278 Å². The number of hydrogen-bond donors (Lipinski definition) is 0. The molecule has 2 aromatic heterocycles. The maximum Gasteiger partial charge on any atom is 0.573 e. The van der Waals surface area contributed by atoms with Gasteiger partial charge in [-0.1, -0.05) is 12.1 Å². The Morgan fingerprint density at radius 1 is 0.857 bits per heavy atom. The first-order valence-corrected chi connectivity index (χ1v) is 15.7. The number of nitro groups is 1. The molecule has 15 heteroatoms. The van der Waals surface area contributed by atoms with Gasteiger partial charge in [0.1, 0.15) is 47.7 Å². The van der Waals surface area contributed by atoms with E-state index in [1.165, 1.54) is 30.5 Å². The Kier molecular flexibility index (Phi) is 8.82. The predicted octanol–water partition coefficient (Wildman–Crippen LogP) is 6.58. The number of benzene rings is 3. The molecule has 5 aromatic rings. The maximum absolute atomic E-state index is 12.4. The second kappa shape index (κ2) is 13.5. The minimum Gasteiger partial charge on any atom is -0.490 e. The van der Waals surface area contributed by atoms with Crippen molar-refractivity contribution in [3.63, 3.8) is 0 Å². The quantitative estimate of drug-likeness (QED) is 0.119. The van der Waals surface area contributed by atoms with Gasteiger partial charge in [0.25, 0.3) is 0 Å². The molecule has 1 atom stereocenters. The van der Waals surface area contributed by atoms with E-state index in [9.17, 15) is 23.3 Å². The van der Waals surface area contributed by atoms with Crippen LogP contribution in [0.3, 0.4) is 0 Å². The first-order chi connectivity index (χ1) is 23.6. The second-order valence-corrected chi connectivity index (χ2v) is 11.7. The molecule has 0 saturated carbocycles. The smallest absolute Gasteiger partial charge is 0.490 e. The van der Waals surface area contributed by atoms with Crippen molar-refractivity contribution in [3.8, 4) is 29.0 Å². The fourth-order valence-corrected chi connectivity index (χ4v) is 5.79. The van der Waals surface area contributed by atoms with Gasteiger partial charge in [0.15, 0.2) is 0 Å². The second-order valence-electron chi connectivity index (χ2n) is 11.7. The third-order valence-electron chi connectivity index (χ3n) is 8.28. The maximum atomic E-state index is 12.4. The number of aryl methyl sites for hydroxylation is 1. The van der Waals surface area contributed by atoms with Gasteiger partial charge >= 0.3 is 18.2 Å². The Bertz CT molecular complexity index is 1930. The van der Waals surface area contributed by atoms with Crippen molar-refractivity contribution in [2.45, 2.75) is 32.0 Å². The molecule has 3 aromatic carbocycles. The topological polar surface area (TPSA) is 117 Å². The van der Waals surface area contributed by atoms with Gasteiger partial charge in [-0.3, -0.25) is 9.47 Å². The minimum atomic E-state index is -4.74. The zero-order valence-electron chi connectivity index (χ0n) is 26.1. The van der Waals surface area contributed by atoms with Crippen LogP contribution in [-0.4, -0.2) is 69.6 Å². The molecule has 1 fully saturated rings. The monoisotopic (exact) mass is 676 g/mol. The van der Waals surface area contributed by atoms with Crippen LogP contribution in [0, 0.1) is 10.1 Å². The minimum absolute atomic E-state index is 0.230. The fraction of sp³-hybridized carbons (Fsp3) is 0.294. The Balaban J connectivity index is 0.875. The lowest BCUT2D eigenvalue weighted by Crippen LogP contribution is -2.46. The summed E-state index contributed by atoms with van der Waals surface area (Å²) in [4.78, 5) is 23.9. The summed E-state index contributed by atoms with van der Waals surface area (Å²) in [7, 11) is 0. The molecule has 7 rings (SSSR count). The Morgan fingerprint density at radius 2 is 1.55 bits per heavy atom. The van der Waals surface area contributed by atoms with E-state index < -0.39 is 11.3 Å². The third kappa shape index (κ3) is 7.95. The number of imidazole rings is 1. The number of nitrogens with zero attached hydrogens (tertiary/aromatic N) is 6. The highest BCUT2D eigenvalue weighted by Crippen LogP contribution is 2.29. The summed E-state index contributed by atoms with van der Waals surface area (Å²) < 4.78 is 60.2. The number of halogens is 3. The van der Waals surface area contributed by atoms with E-state index in [2.05, 4.69) is 19.5 Å². The molecule has 0 amide bonds. The van der Waals surface area contributed by atoms with Gasteiger partial charge < -0.3 is 34.0 Å². The molecule has 0 unspecified atom stereocenters. The third-order valence-corrected chi connectivity index (χ3v) is 8.28. The van der Waals surface area contributed by atoms with Crippen LogP contribution in [0.5, 0.6) is 29.0 Å². The van der Waals surface area contributed by atoms with Crippen LogP contribution in [0.4, 0.5) is 24.8 Å². The van der Waals surface area contributed by atoms with Crippen LogP contribution in [0.15, 0.2) is 85.1 Å². The first kappa shape index (κ1) is 32.0. The molecule has 12 nitrogen and oxygen atoms in total. The van der Waals surface area contributed by atoms with Crippen LogP contribution in [0.2, 0.25) is 0 Å². The van der Waals surface area contributed by atoms with Crippen molar-refractivity contribution < 1.29 is 37.0 Å². The van der Waals surface area contributed by atoms with Crippen molar-refractivity contribution in [2.24, 2.45) is 0 Å². The highest BCUT2D eigenvalue weighted by Gasteiger charge is 2.31. The average Bonchev–Trinajstić information content (AvgIpc) is 3.53. The molecular formula is C34H31F3N6O6. The number of aromatic nitrogens is 3. The summed E-state index contributed by atoms with van der Waals surface area (Å²) >= 11 is 0. The van der Waals surface area contributed by atoms with Gasteiger partial charge in [-0.15, -0.1) is 13.2 Å². The average molecular weight is 677 g/mol. The zero-order chi connectivity index (χ0) is 34.0. The molecule has 0 N–H and O–H groups in total. The molecule has 49 heavy (non-hydrogen) atoms. The van der Waals surface area contributed by atoms with E-state index in [0.29, 0.717) is 36.8 Å². The van der Waals surface area contributed by atoms with Crippen LogP contribution in [0.25, 0.3) is 10.9 Å². The molecular weight excluding hydrogens is 645 g/mol. The van der Waals surface area contributed by atoms with E-state index in [0.717, 1.165) is 55.0 Å². The summed E-state index contributed by atoms with van der Waals surface area (Å²) in [5.74, 6) is 2.07. The number of ether oxygens (including phenoxy) is 4. The molecule has 254 valence electrons. The van der Waals surface area contributed by atoms with Gasteiger partial charge in [0.2, 0.25) is 0 Å². The lowest BCUT2D eigenvalue weighted by Gasteiger charge is -2.35. The lowest BCUT2D eigenvalue weighted by atomic mass is 10.1. The van der Waals surface area contributed by atoms with E-state index in [1.807, 2.05) is 54.6 Å². The number of piperazine rings is 1. The molecule has 0 bridgehead atoms. The Hall–Kier alpha value is -5.57. The van der Waals surface area contributed by atoms with Crippen molar-refractivity contribution in [3.05, 3.63) is 101 Å². The number of anilines is 1. The fourth-order valence-electron chi connectivity index (χ4n) is 5.79. The Morgan fingerprint density at radius 3 is 2.27 bits per heavy atom. The summed E-state index contributed by atoms with van der Waals surface area (Å²) in [6.45, 7) is 5.04. The lowest BCUT2D eigenvalue weighted by molar-refractivity contribution is -0.389. The van der Waals surface area contributed by atoms with E-state index in [-0.39, 0.29) is 23.7 Å². The van der Waals surface area contributed by atoms with Crippen molar-refractivity contribution >= 4 is 22.5 Å². The van der Waals surface area contributed by atoms with Gasteiger partial charge in [0, 0.05) is 56.1 Å². The molecule has 4 heterocycles. The van der Waals surface area contributed by atoms with Gasteiger partial charge in [-0.2, -0.15) is 0 Å². The number of pyridine rings is 1. The summed E-state index contributed by atoms with van der Waals surface area (Å²) in [6.07, 6.45) is -2.96. The van der Waals surface area contributed by atoms with Crippen LogP contribution in [-0.2, 0) is 13.1 Å². The van der Waals surface area contributed by atoms with Crippen molar-refractivity contribution in [1.29, 1.82) is 0 Å². The zero-order valence-corrected chi connectivity index (χ0v) is 26.1. The summed E-state index contributed by atoms with van der Waals surface area (Å²) in [6, 6.07) is 23.0. The van der Waals surface area contributed by atoms with Crippen molar-refractivity contribution in [2.75, 3.05) is 37.7 Å². The number of fused-ring (bicyclic) bond motifs is 2. The van der Waals surface area contributed by atoms with Crippen LogP contribution >= 0.6 is 0 Å². The number of hydrogen-bond acceptors (Lipinski definition) is 10. The van der Waals surface area contributed by atoms with Crippen LogP contribution < -0.4 is 23.8 Å². The predicted molar refractivity (Wildman–Crippen MR) is 172 cm³/mol. The SMILES string of the molecule is O=[N+]([O-])c1cn2c(n1)O[C@@H](COc1ccc3nc(N4CCN(Cc5ccc(Oc6ccc(OC(F)(F)F)cc6)cc5)CC4)ccc3c1)CC2. The van der Waals surface area contributed by atoms with Gasteiger partial charge in [-0.25, -0.2) is 4.98 Å². The molecule has 0 radical (unpaired) electrons. The van der Waals surface area contributed by atoms with Crippen LogP contribution in [0.1, 0.15) is 12.0 Å². The molecule has 2 aliphatic heterocycles. The highest BCUT2D eigenvalue weighted by atomic mass is 19.4. The molecule has 2 aliphatic rings. The highest BCUT2D eigenvalue weighted by molar-refractivity contribution is 5.81. The van der Waals surface area contributed by atoms with E-state index in [4.69, 9.17) is 19.2 Å². The van der Waals surface area contributed by atoms with Gasteiger partial charge in [-0.05, 0) is 77.2 Å². The number of alkyl halides is 3. The largest absolute Gasteiger partial charge is 0.573 e. The first-order valence-electron chi connectivity index (χ1n) is 15.7. The standard InChI is InChI=1S/C34H31F3N6O6/c35-34(36,37)49-27-8-6-26(7-9-27)47-25-4-1-23(2-5-25)20-40-15-17-41(18-16-40)31-12-3-24-19-28(10-11-30(24)38-31)46-22-29-13-14-42-21-32(43(44)45)39-33(42)48-29/h1-12,19,21,29H,13-18,20,22H2/t29-/m1/s1. The van der Waals surface area contributed by atoms with Crippen molar-refractivity contribution in [1.82, 2.24) is 19.4 Å². The normalized spacial score (nSPS) is 16.6. The molecule has 0 aliphatic carbocycles. The van der Waals surface area contributed by atoms with E-state index in [1.54, 1.807) is 4.57 Å². The van der Waals surface area contributed by atoms with Gasteiger partial charge in [0.05, 0.1) is 5.52 Å².